The van der Waals surface area contributed by atoms with E-state index in [1.807, 2.05) is 0 Å². The van der Waals surface area contributed by atoms with Gasteiger partial charge in [-0.05, 0) is 43.6 Å². The normalized spacial score (nSPS) is 27.0. The van der Waals surface area contributed by atoms with Crippen LogP contribution in [0.1, 0.15) is 58.8 Å². The molecule has 1 atom stereocenters. The molecular weight excluding hydrogens is 170 g/mol. The lowest BCUT2D eigenvalue weighted by Crippen LogP contribution is -2.39. The first kappa shape index (κ1) is 10.5. The Kier molecular flexibility index (Phi) is 3.16. The van der Waals surface area contributed by atoms with E-state index in [1.165, 1.54) is 51.5 Å². The molecule has 2 aliphatic rings. The Labute approximate surface area is 88.7 Å². The van der Waals surface area contributed by atoms with Crippen LogP contribution in [0, 0.1) is 11.3 Å². The number of hydrogen-bond acceptors (Lipinski definition) is 1. The fourth-order valence-corrected chi connectivity index (χ4v) is 2.54. The van der Waals surface area contributed by atoms with Gasteiger partial charge in [0.15, 0.2) is 0 Å². The van der Waals surface area contributed by atoms with Crippen LogP contribution in [0.15, 0.2) is 0 Å². The van der Waals surface area contributed by atoms with Crippen LogP contribution in [0.25, 0.3) is 0 Å². The smallest absolute Gasteiger partial charge is 0.0123 e. The topological polar surface area (TPSA) is 12.0 Å². The van der Waals surface area contributed by atoms with Crippen molar-refractivity contribution in [2.24, 2.45) is 11.3 Å². The lowest BCUT2D eigenvalue weighted by molar-refractivity contribution is 0.219. The van der Waals surface area contributed by atoms with Crippen molar-refractivity contribution in [1.82, 2.24) is 5.32 Å². The van der Waals surface area contributed by atoms with Crippen LogP contribution in [0.4, 0.5) is 0 Å². The van der Waals surface area contributed by atoms with E-state index in [1.54, 1.807) is 0 Å². The Morgan fingerprint density at radius 1 is 1.36 bits per heavy atom. The molecule has 2 aliphatic carbocycles. The molecule has 0 spiro atoms. The van der Waals surface area contributed by atoms with Crippen molar-refractivity contribution in [2.75, 3.05) is 6.54 Å². The predicted octanol–water partition coefficient (Wildman–Crippen LogP) is 3.34. The van der Waals surface area contributed by atoms with Crippen LogP contribution in [-0.4, -0.2) is 12.6 Å². The molecule has 0 aromatic heterocycles. The van der Waals surface area contributed by atoms with Crippen molar-refractivity contribution in [2.45, 2.75) is 64.8 Å². The highest BCUT2D eigenvalue weighted by Gasteiger charge is 2.45. The monoisotopic (exact) mass is 195 g/mol. The Balaban J connectivity index is 1.78. The first-order valence-corrected chi connectivity index (χ1v) is 6.48. The first-order chi connectivity index (χ1) is 6.74. The summed E-state index contributed by atoms with van der Waals surface area (Å²) in [7, 11) is 0. The Bertz CT molecular complexity index is 180. The van der Waals surface area contributed by atoms with Crippen LogP contribution in [0.5, 0.6) is 0 Å². The van der Waals surface area contributed by atoms with Gasteiger partial charge in [0.25, 0.3) is 0 Å². The highest BCUT2D eigenvalue weighted by atomic mass is 14.9. The Hall–Kier alpha value is -0.0400. The molecule has 2 saturated carbocycles. The van der Waals surface area contributed by atoms with Crippen LogP contribution in [0.2, 0.25) is 0 Å². The van der Waals surface area contributed by atoms with E-state index < -0.39 is 0 Å². The molecule has 0 aromatic carbocycles. The average Bonchev–Trinajstić information content (AvgIpc) is 2.81. The van der Waals surface area contributed by atoms with Gasteiger partial charge in [0, 0.05) is 6.04 Å². The summed E-state index contributed by atoms with van der Waals surface area (Å²) in [5, 5.41) is 3.77. The van der Waals surface area contributed by atoms with Gasteiger partial charge in [-0.2, -0.15) is 0 Å². The molecule has 2 rings (SSSR count). The van der Waals surface area contributed by atoms with Gasteiger partial charge in [-0.15, -0.1) is 0 Å². The summed E-state index contributed by atoms with van der Waals surface area (Å²) in [5.74, 6) is 1.06. The standard InChI is InChI=1S/C13H25N/c1-3-9-14-12(13(2)7-8-13)10-11-5-4-6-11/h11-12,14H,3-10H2,1-2H3. The molecule has 0 saturated heterocycles. The van der Waals surface area contributed by atoms with Crippen molar-refractivity contribution in [3.8, 4) is 0 Å². The second kappa shape index (κ2) is 4.22. The third-order valence-corrected chi connectivity index (χ3v) is 4.31. The minimum absolute atomic E-state index is 0.671. The van der Waals surface area contributed by atoms with Gasteiger partial charge >= 0.3 is 0 Å². The fraction of sp³-hybridized carbons (Fsp3) is 1.00. The van der Waals surface area contributed by atoms with Crippen molar-refractivity contribution in [3.63, 3.8) is 0 Å². The van der Waals surface area contributed by atoms with Crippen LogP contribution in [0.3, 0.4) is 0 Å². The van der Waals surface area contributed by atoms with E-state index in [9.17, 15) is 0 Å². The van der Waals surface area contributed by atoms with E-state index in [2.05, 4.69) is 19.2 Å². The van der Waals surface area contributed by atoms with Crippen LogP contribution in [-0.2, 0) is 0 Å². The summed E-state index contributed by atoms with van der Waals surface area (Å²) >= 11 is 0. The molecule has 0 aromatic rings. The SMILES string of the molecule is CCCNC(CC1CCC1)C1(C)CC1. The molecule has 82 valence electrons. The highest BCUT2D eigenvalue weighted by molar-refractivity contribution is 4.99. The zero-order chi connectivity index (χ0) is 10.0. The third kappa shape index (κ3) is 2.31. The molecule has 1 heteroatoms. The summed E-state index contributed by atoms with van der Waals surface area (Å²) in [5.41, 5.74) is 0.671. The molecule has 14 heavy (non-hydrogen) atoms. The van der Waals surface area contributed by atoms with Gasteiger partial charge in [-0.3, -0.25) is 0 Å². The second-order valence-corrected chi connectivity index (χ2v) is 5.69. The van der Waals surface area contributed by atoms with Crippen LogP contribution >= 0.6 is 0 Å². The predicted molar refractivity (Wildman–Crippen MR) is 61.4 cm³/mol. The fourth-order valence-electron chi connectivity index (χ4n) is 2.54. The van der Waals surface area contributed by atoms with E-state index in [-0.39, 0.29) is 0 Å². The van der Waals surface area contributed by atoms with Crippen molar-refractivity contribution >= 4 is 0 Å². The minimum Gasteiger partial charge on any atom is -0.313 e. The molecule has 0 aliphatic heterocycles. The highest BCUT2D eigenvalue weighted by Crippen LogP contribution is 2.50. The Morgan fingerprint density at radius 3 is 2.50 bits per heavy atom. The zero-order valence-corrected chi connectivity index (χ0v) is 9.81. The van der Waals surface area contributed by atoms with Gasteiger partial charge < -0.3 is 5.32 Å². The summed E-state index contributed by atoms with van der Waals surface area (Å²) < 4.78 is 0. The van der Waals surface area contributed by atoms with E-state index in [4.69, 9.17) is 0 Å². The maximum atomic E-state index is 3.77. The zero-order valence-electron chi connectivity index (χ0n) is 9.81. The second-order valence-electron chi connectivity index (χ2n) is 5.69. The van der Waals surface area contributed by atoms with Gasteiger partial charge in [0.1, 0.15) is 0 Å². The van der Waals surface area contributed by atoms with Gasteiger partial charge in [0.05, 0.1) is 0 Å². The number of rotatable bonds is 6. The summed E-state index contributed by atoms with van der Waals surface area (Å²) in [6.45, 7) is 5.95. The molecule has 0 bridgehead atoms. The van der Waals surface area contributed by atoms with E-state index >= 15 is 0 Å². The average molecular weight is 195 g/mol. The third-order valence-electron chi connectivity index (χ3n) is 4.31. The quantitative estimate of drug-likeness (QED) is 0.685. The van der Waals surface area contributed by atoms with Crippen molar-refractivity contribution < 1.29 is 0 Å². The molecule has 0 heterocycles. The van der Waals surface area contributed by atoms with Gasteiger partial charge in [0.2, 0.25) is 0 Å². The Morgan fingerprint density at radius 2 is 2.07 bits per heavy atom. The summed E-state index contributed by atoms with van der Waals surface area (Å²) in [6, 6.07) is 0.827. The maximum absolute atomic E-state index is 3.77. The number of nitrogens with one attached hydrogen (secondary N) is 1. The van der Waals surface area contributed by atoms with Crippen LogP contribution < -0.4 is 5.32 Å². The van der Waals surface area contributed by atoms with Gasteiger partial charge in [-0.1, -0.05) is 33.1 Å². The lowest BCUT2D eigenvalue weighted by atomic mass is 9.77. The summed E-state index contributed by atoms with van der Waals surface area (Å²) in [6.07, 6.45) is 10.1. The minimum atomic E-state index is 0.671. The first-order valence-electron chi connectivity index (χ1n) is 6.48. The molecule has 1 N–H and O–H groups in total. The number of hydrogen-bond donors (Lipinski definition) is 1. The molecule has 2 fully saturated rings. The molecule has 0 radical (unpaired) electrons. The van der Waals surface area contributed by atoms with Gasteiger partial charge in [-0.25, -0.2) is 0 Å². The lowest BCUT2D eigenvalue weighted by Gasteiger charge is -2.33. The molecule has 1 nitrogen and oxygen atoms in total. The largest absolute Gasteiger partial charge is 0.313 e. The van der Waals surface area contributed by atoms with Crippen molar-refractivity contribution in [1.29, 1.82) is 0 Å². The summed E-state index contributed by atoms with van der Waals surface area (Å²) in [4.78, 5) is 0. The maximum Gasteiger partial charge on any atom is 0.0123 e. The van der Waals surface area contributed by atoms with Crippen molar-refractivity contribution in [3.05, 3.63) is 0 Å². The van der Waals surface area contributed by atoms with E-state index in [0.29, 0.717) is 5.41 Å². The molecule has 1 unspecified atom stereocenters. The van der Waals surface area contributed by atoms with E-state index in [0.717, 1.165) is 12.0 Å². The molecular formula is C13H25N. The molecule has 0 amide bonds.